The van der Waals surface area contributed by atoms with Gasteiger partial charge in [0, 0.05) is 0 Å². The number of amides is 2. The number of rotatable bonds is 4. The Morgan fingerprint density at radius 1 is 1.38 bits per heavy atom. The molecule has 0 aliphatic carbocycles. The van der Waals surface area contributed by atoms with Gasteiger partial charge in [0.2, 0.25) is 5.91 Å². The maximum absolute atomic E-state index is 12.9. The van der Waals surface area contributed by atoms with Gasteiger partial charge in [-0.1, -0.05) is 0 Å². The third-order valence-corrected chi connectivity index (χ3v) is 3.48. The Morgan fingerprint density at radius 3 is 2.57 bits per heavy atom. The largest absolute Gasteiger partial charge is 0.465 e. The number of hydrogen-bond donors (Lipinski definition) is 1. The van der Waals surface area contributed by atoms with Crippen molar-refractivity contribution < 1.29 is 28.4 Å². The number of esters is 1. The van der Waals surface area contributed by atoms with E-state index in [0.29, 0.717) is 10.6 Å². The number of imide groups is 1. The summed E-state index contributed by atoms with van der Waals surface area (Å²) in [6, 6.07) is 4.50. The lowest BCUT2D eigenvalue weighted by atomic mass is 10.2. The molecule has 1 aliphatic heterocycles. The molecular weight excluding hydrogens is 279 g/mol. The smallest absolute Gasteiger partial charge is 0.361 e. The zero-order valence-corrected chi connectivity index (χ0v) is 11.8. The van der Waals surface area contributed by atoms with Crippen molar-refractivity contribution in [1.29, 1.82) is 0 Å². The van der Waals surface area contributed by atoms with Gasteiger partial charge in [-0.2, -0.15) is 0 Å². The molecule has 0 aromatic heterocycles. The molecule has 2 atom stereocenters. The summed E-state index contributed by atoms with van der Waals surface area (Å²) < 4.78 is 17.5. The van der Waals surface area contributed by atoms with Crippen molar-refractivity contribution in [2.75, 3.05) is 25.6 Å². The van der Waals surface area contributed by atoms with Crippen LogP contribution in [0.15, 0.2) is 24.3 Å². The minimum absolute atomic E-state index is 0.00254. The van der Waals surface area contributed by atoms with Gasteiger partial charge in [-0.15, -0.1) is 0 Å². The first-order valence-corrected chi connectivity index (χ1v) is 6.45. The van der Waals surface area contributed by atoms with E-state index >= 15 is 0 Å². The van der Waals surface area contributed by atoms with Crippen molar-refractivity contribution in [1.82, 2.24) is 0 Å². The first-order valence-electron chi connectivity index (χ1n) is 6.45. The molecule has 0 radical (unpaired) electrons. The van der Waals surface area contributed by atoms with Gasteiger partial charge in [0.05, 0.1) is 26.3 Å². The SMILES string of the molecule is COC(=O)C[NH+](C)[C@@H]1CC(=O)N(c2ccc(F)cc2)C1=O. The highest BCUT2D eigenvalue weighted by molar-refractivity contribution is 6.21. The lowest BCUT2D eigenvalue weighted by Gasteiger charge is -2.19. The number of methoxy groups -OCH3 is 1. The van der Waals surface area contributed by atoms with E-state index in [2.05, 4.69) is 4.74 Å². The summed E-state index contributed by atoms with van der Waals surface area (Å²) in [5, 5.41) is 0. The van der Waals surface area contributed by atoms with Crippen molar-refractivity contribution in [2.45, 2.75) is 12.5 Å². The molecule has 6 nitrogen and oxygen atoms in total. The lowest BCUT2D eigenvalue weighted by molar-refractivity contribution is -0.887. The molecule has 1 saturated heterocycles. The highest BCUT2D eigenvalue weighted by Gasteiger charge is 2.45. The Labute approximate surface area is 121 Å². The second-order valence-corrected chi connectivity index (χ2v) is 4.90. The van der Waals surface area contributed by atoms with Crippen LogP contribution in [-0.2, 0) is 19.1 Å². The maximum Gasteiger partial charge on any atom is 0.361 e. The number of nitrogens with one attached hydrogen (secondary N) is 1. The number of ether oxygens (including phenoxy) is 1. The van der Waals surface area contributed by atoms with Crippen LogP contribution in [0.5, 0.6) is 0 Å². The molecule has 2 rings (SSSR count). The van der Waals surface area contributed by atoms with Crippen LogP contribution in [0.4, 0.5) is 10.1 Å². The maximum atomic E-state index is 12.9. The average Bonchev–Trinajstić information content (AvgIpc) is 2.75. The molecule has 1 aliphatic rings. The van der Waals surface area contributed by atoms with Crippen LogP contribution in [0.25, 0.3) is 0 Å². The van der Waals surface area contributed by atoms with Gasteiger partial charge >= 0.3 is 5.97 Å². The summed E-state index contributed by atoms with van der Waals surface area (Å²) in [6.45, 7) is -0.00254. The second kappa shape index (κ2) is 6.01. The van der Waals surface area contributed by atoms with Gasteiger partial charge in [-0.25, -0.2) is 14.1 Å². The first-order chi connectivity index (χ1) is 9.93. The molecule has 0 spiro atoms. The predicted molar refractivity (Wildman–Crippen MR) is 71.1 cm³/mol. The van der Waals surface area contributed by atoms with E-state index in [9.17, 15) is 18.8 Å². The Balaban J connectivity index is 2.16. The molecule has 7 heteroatoms. The monoisotopic (exact) mass is 295 g/mol. The van der Waals surface area contributed by atoms with Crippen LogP contribution in [0.2, 0.25) is 0 Å². The summed E-state index contributed by atoms with van der Waals surface area (Å²) in [5.41, 5.74) is 0.333. The summed E-state index contributed by atoms with van der Waals surface area (Å²) in [7, 11) is 2.92. The number of anilines is 1. The Morgan fingerprint density at radius 2 is 2.00 bits per heavy atom. The van der Waals surface area contributed by atoms with Crippen molar-refractivity contribution in [3.63, 3.8) is 0 Å². The molecule has 1 heterocycles. The van der Waals surface area contributed by atoms with Crippen molar-refractivity contribution in [3.05, 3.63) is 30.1 Å². The topological polar surface area (TPSA) is 68.1 Å². The fraction of sp³-hybridized carbons (Fsp3) is 0.357. The van der Waals surface area contributed by atoms with Crippen LogP contribution in [0, 0.1) is 5.82 Å². The Kier molecular flexibility index (Phi) is 4.32. The van der Waals surface area contributed by atoms with E-state index < -0.39 is 23.7 Å². The molecule has 2 amide bonds. The van der Waals surface area contributed by atoms with E-state index in [1.807, 2.05) is 0 Å². The zero-order chi connectivity index (χ0) is 15.6. The van der Waals surface area contributed by atoms with Gasteiger partial charge in [0.15, 0.2) is 12.6 Å². The summed E-state index contributed by atoms with van der Waals surface area (Å²) in [4.78, 5) is 37.3. The van der Waals surface area contributed by atoms with E-state index in [4.69, 9.17) is 0 Å². The molecule has 21 heavy (non-hydrogen) atoms. The summed E-state index contributed by atoms with van der Waals surface area (Å²) in [6.07, 6.45) is 0.0129. The van der Waals surface area contributed by atoms with Gasteiger partial charge in [-0.3, -0.25) is 9.59 Å². The number of carbonyl (C=O) groups excluding carboxylic acids is 3. The van der Waals surface area contributed by atoms with Crippen molar-refractivity contribution >= 4 is 23.5 Å². The number of quaternary nitrogens is 1. The first kappa shape index (κ1) is 15.1. The molecule has 112 valence electrons. The van der Waals surface area contributed by atoms with Gasteiger partial charge in [0.25, 0.3) is 5.91 Å². The molecule has 1 aromatic carbocycles. The van der Waals surface area contributed by atoms with E-state index in [-0.39, 0.29) is 18.9 Å². The van der Waals surface area contributed by atoms with Crippen LogP contribution in [0.3, 0.4) is 0 Å². The molecule has 0 bridgehead atoms. The van der Waals surface area contributed by atoms with Gasteiger partial charge < -0.3 is 9.64 Å². The highest BCUT2D eigenvalue weighted by atomic mass is 19.1. The van der Waals surface area contributed by atoms with E-state index in [0.717, 1.165) is 4.90 Å². The quantitative estimate of drug-likeness (QED) is 0.580. The highest BCUT2D eigenvalue weighted by Crippen LogP contribution is 2.21. The lowest BCUT2D eigenvalue weighted by Crippen LogP contribution is -3.14. The molecule has 1 aromatic rings. The molecular formula is C14H16FN2O4+. The normalized spacial score (nSPS) is 19.8. The standard InChI is InChI=1S/C14H15FN2O4/c1-16(8-13(19)21-2)11-7-12(18)17(14(11)20)10-5-3-9(15)4-6-10/h3-6,11H,7-8H2,1-2H3/p+1/t11-/m1/s1. The fourth-order valence-corrected chi connectivity index (χ4v) is 2.30. The summed E-state index contributed by atoms with van der Waals surface area (Å²) >= 11 is 0. The van der Waals surface area contributed by atoms with E-state index in [1.165, 1.54) is 31.4 Å². The number of benzene rings is 1. The average molecular weight is 295 g/mol. The molecule has 1 fully saturated rings. The number of hydrogen-bond acceptors (Lipinski definition) is 4. The molecule has 1 N–H and O–H groups in total. The van der Waals surface area contributed by atoms with E-state index in [1.54, 1.807) is 7.05 Å². The molecule has 1 unspecified atom stereocenters. The Bertz CT molecular complexity index is 573. The van der Waals surface area contributed by atoms with Crippen LogP contribution in [0.1, 0.15) is 6.42 Å². The van der Waals surface area contributed by atoms with Crippen molar-refractivity contribution in [2.24, 2.45) is 0 Å². The van der Waals surface area contributed by atoms with Gasteiger partial charge in [-0.05, 0) is 24.3 Å². The predicted octanol–water partition coefficient (Wildman–Crippen LogP) is -0.855. The van der Waals surface area contributed by atoms with Crippen LogP contribution < -0.4 is 9.80 Å². The third-order valence-electron chi connectivity index (χ3n) is 3.48. The van der Waals surface area contributed by atoms with Crippen LogP contribution >= 0.6 is 0 Å². The second-order valence-electron chi connectivity index (χ2n) is 4.90. The zero-order valence-electron chi connectivity index (χ0n) is 11.8. The number of halogens is 1. The number of nitrogens with zero attached hydrogens (tertiary/aromatic N) is 1. The fourth-order valence-electron chi connectivity index (χ4n) is 2.30. The Hall–Kier alpha value is -2.28. The molecule has 0 saturated carbocycles. The van der Waals surface area contributed by atoms with Crippen molar-refractivity contribution in [3.8, 4) is 0 Å². The summed E-state index contributed by atoms with van der Waals surface area (Å²) in [5.74, 6) is -1.65. The van der Waals surface area contributed by atoms with Gasteiger partial charge in [0.1, 0.15) is 5.82 Å². The number of carbonyl (C=O) groups is 3. The minimum Gasteiger partial charge on any atom is -0.465 e. The van der Waals surface area contributed by atoms with Crippen LogP contribution in [-0.4, -0.2) is 44.5 Å². The number of likely N-dealkylation sites (N-methyl/N-ethyl adjacent to an activating group) is 1. The minimum atomic E-state index is -0.637. The third kappa shape index (κ3) is 3.08.